The number of hydrogen-bond acceptors (Lipinski definition) is 5. The molecule has 0 radical (unpaired) electrons. The summed E-state index contributed by atoms with van der Waals surface area (Å²) in [6, 6.07) is 10.3. The molecule has 0 bridgehead atoms. The third-order valence-corrected chi connectivity index (χ3v) is 4.28. The van der Waals surface area contributed by atoms with E-state index in [2.05, 4.69) is 54.1 Å². The van der Waals surface area contributed by atoms with E-state index in [1.165, 1.54) is 11.1 Å². The summed E-state index contributed by atoms with van der Waals surface area (Å²) in [5, 5.41) is 13.3. The number of hydrogen-bond donors (Lipinski definition) is 3. The Morgan fingerprint density at radius 3 is 2.85 bits per heavy atom. The zero-order valence-electron chi connectivity index (χ0n) is 16.1. The second kappa shape index (κ2) is 11.9. The van der Waals surface area contributed by atoms with Crippen molar-refractivity contribution in [1.82, 2.24) is 15.7 Å². The molecule has 0 saturated carbocycles. The van der Waals surface area contributed by atoms with Crippen molar-refractivity contribution >= 4 is 6.08 Å². The van der Waals surface area contributed by atoms with E-state index >= 15 is 0 Å². The Kier molecular flexibility index (Phi) is 9.42. The van der Waals surface area contributed by atoms with Gasteiger partial charge < -0.3 is 15.3 Å². The quantitative estimate of drug-likeness (QED) is 0.419. The molecule has 0 saturated heterocycles. The molecule has 0 spiro atoms. The van der Waals surface area contributed by atoms with E-state index in [9.17, 15) is 5.11 Å². The number of aliphatic hydroxyl groups excluding tert-OH is 1. The monoisotopic (exact) mass is 359 g/mol. The molecule has 0 fully saturated rings. The Morgan fingerprint density at radius 1 is 1.27 bits per heavy atom. The number of hydroxylamine groups is 1. The van der Waals surface area contributed by atoms with Crippen molar-refractivity contribution in [3.63, 3.8) is 0 Å². The van der Waals surface area contributed by atoms with Crippen LogP contribution in [0.2, 0.25) is 0 Å². The first-order valence-electron chi connectivity index (χ1n) is 9.52. The summed E-state index contributed by atoms with van der Waals surface area (Å²) in [4.78, 5) is 7.70. The second-order valence-electron chi connectivity index (χ2n) is 7.02. The topological polar surface area (TPSA) is 56.8 Å². The van der Waals surface area contributed by atoms with Gasteiger partial charge in [-0.15, -0.1) is 0 Å². The molecule has 1 aromatic rings. The Balaban J connectivity index is 1.70. The van der Waals surface area contributed by atoms with E-state index in [1.54, 1.807) is 0 Å². The number of aliphatic hydroxyl groups is 1. The Morgan fingerprint density at radius 2 is 2.08 bits per heavy atom. The number of allylic oxidation sites excluding steroid dienone is 2. The maximum Gasteiger partial charge on any atom is 0.102 e. The van der Waals surface area contributed by atoms with Gasteiger partial charge in [0.05, 0.1) is 11.8 Å². The smallest absolute Gasteiger partial charge is 0.102 e. The van der Waals surface area contributed by atoms with Crippen molar-refractivity contribution in [3.05, 3.63) is 53.2 Å². The van der Waals surface area contributed by atoms with Gasteiger partial charge in [-0.2, -0.15) is 0 Å². The van der Waals surface area contributed by atoms with Gasteiger partial charge in [-0.3, -0.25) is 10.3 Å². The summed E-state index contributed by atoms with van der Waals surface area (Å²) >= 11 is 0. The van der Waals surface area contributed by atoms with Gasteiger partial charge >= 0.3 is 0 Å². The molecule has 0 unspecified atom stereocenters. The maximum atomic E-state index is 10.0. The van der Waals surface area contributed by atoms with E-state index in [4.69, 9.17) is 4.84 Å². The van der Waals surface area contributed by atoms with Crippen molar-refractivity contribution in [3.8, 4) is 0 Å². The summed E-state index contributed by atoms with van der Waals surface area (Å²) < 4.78 is 0. The van der Waals surface area contributed by atoms with E-state index in [0.29, 0.717) is 6.54 Å². The van der Waals surface area contributed by atoms with Crippen LogP contribution in [0, 0.1) is 0 Å². The van der Waals surface area contributed by atoms with Crippen molar-refractivity contribution in [1.29, 1.82) is 0 Å². The van der Waals surface area contributed by atoms with E-state index in [0.717, 1.165) is 44.5 Å². The van der Waals surface area contributed by atoms with Crippen molar-refractivity contribution < 1.29 is 9.94 Å². The molecule has 0 aromatic heterocycles. The van der Waals surface area contributed by atoms with Crippen LogP contribution in [0.1, 0.15) is 31.2 Å². The summed E-state index contributed by atoms with van der Waals surface area (Å²) in [6.45, 7) is 2.75. The van der Waals surface area contributed by atoms with Gasteiger partial charge in [-0.1, -0.05) is 36.4 Å². The van der Waals surface area contributed by atoms with E-state index in [-0.39, 0.29) is 6.61 Å². The highest BCUT2D eigenvalue weighted by Crippen LogP contribution is 2.24. The molecule has 0 amide bonds. The molecule has 5 nitrogen and oxygen atoms in total. The van der Waals surface area contributed by atoms with Crippen LogP contribution in [0.15, 0.2) is 47.7 Å². The molecule has 2 rings (SSSR count). The first-order chi connectivity index (χ1) is 12.6. The summed E-state index contributed by atoms with van der Waals surface area (Å²) in [5.74, 6) is 0. The zero-order valence-corrected chi connectivity index (χ0v) is 16.1. The second-order valence-corrected chi connectivity index (χ2v) is 7.02. The highest BCUT2D eigenvalue weighted by Gasteiger charge is 2.11. The Hall–Kier alpha value is -1.66. The van der Waals surface area contributed by atoms with Crippen molar-refractivity contribution in [2.75, 3.05) is 40.3 Å². The molecule has 1 aliphatic rings. The lowest BCUT2D eigenvalue weighted by Crippen LogP contribution is -2.34. The van der Waals surface area contributed by atoms with Gasteiger partial charge in [0.1, 0.15) is 6.61 Å². The minimum atomic E-state index is -0.521. The van der Waals surface area contributed by atoms with Crippen molar-refractivity contribution in [2.45, 2.75) is 31.8 Å². The number of benzene rings is 1. The maximum absolute atomic E-state index is 10.0. The predicted octanol–water partition coefficient (Wildman–Crippen LogP) is 2.56. The van der Waals surface area contributed by atoms with Crippen LogP contribution < -0.4 is 10.8 Å². The molecular weight excluding hydrogens is 326 g/mol. The average Bonchev–Trinajstić information content (AvgIpc) is 2.63. The largest absolute Gasteiger partial charge is 0.389 e. The molecule has 1 atom stereocenters. The molecule has 144 valence electrons. The van der Waals surface area contributed by atoms with Crippen LogP contribution in [0.3, 0.4) is 0 Å². The van der Waals surface area contributed by atoms with Gasteiger partial charge in [0, 0.05) is 6.54 Å². The molecule has 0 heterocycles. The molecule has 1 aliphatic carbocycles. The zero-order chi connectivity index (χ0) is 18.6. The molecule has 1 aromatic carbocycles. The van der Waals surface area contributed by atoms with Crippen LogP contribution in [-0.2, 0) is 4.84 Å². The normalized spacial score (nSPS) is 17.4. The number of rotatable bonds is 11. The van der Waals surface area contributed by atoms with E-state index in [1.807, 2.05) is 18.2 Å². The summed E-state index contributed by atoms with van der Waals surface area (Å²) in [5.41, 5.74) is 6.50. The predicted molar refractivity (Wildman–Crippen MR) is 107 cm³/mol. The summed E-state index contributed by atoms with van der Waals surface area (Å²) in [6.07, 6.45) is 8.16. The molecular formula is C21H33N3O2. The molecule has 5 heteroatoms. The summed E-state index contributed by atoms with van der Waals surface area (Å²) in [7, 11) is 4.13. The van der Waals surface area contributed by atoms with Gasteiger partial charge in [0.15, 0.2) is 0 Å². The fourth-order valence-corrected chi connectivity index (χ4v) is 2.88. The molecule has 0 aliphatic heterocycles. The molecule has 26 heavy (non-hydrogen) atoms. The SMILES string of the molecule is CN(C)CCCNC[C@@H](O)CONC1=CCCCC1=Cc1ccccc1. The number of nitrogens with zero attached hydrogens (tertiary/aromatic N) is 1. The number of nitrogens with one attached hydrogen (secondary N) is 2. The minimum absolute atomic E-state index is 0.261. The van der Waals surface area contributed by atoms with Gasteiger partial charge in [0.2, 0.25) is 0 Å². The minimum Gasteiger partial charge on any atom is -0.389 e. The van der Waals surface area contributed by atoms with Crippen molar-refractivity contribution in [2.24, 2.45) is 0 Å². The average molecular weight is 360 g/mol. The lowest BCUT2D eigenvalue weighted by Gasteiger charge is -2.20. The van der Waals surface area contributed by atoms with E-state index < -0.39 is 6.10 Å². The van der Waals surface area contributed by atoms with Crippen LogP contribution in [0.25, 0.3) is 6.08 Å². The van der Waals surface area contributed by atoms with Gasteiger partial charge in [-0.25, -0.2) is 0 Å². The van der Waals surface area contributed by atoms with Crippen LogP contribution in [0.4, 0.5) is 0 Å². The highest BCUT2D eigenvalue weighted by atomic mass is 16.6. The first-order valence-corrected chi connectivity index (χ1v) is 9.52. The lowest BCUT2D eigenvalue weighted by molar-refractivity contribution is -0.00452. The first kappa shape index (κ1) is 20.6. The molecule has 3 N–H and O–H groups in total. The van der Waals surface area contributed by atoms with Gasteiger partial charge in [-0.05, 0) is 70.1 Å². The Labute approximate surface area is 157 Å². The third kappa shape index (κ3) is 8.15. The Bertz CT molecular complexity index is 570. The third-order valence-electron chi connectivity index (χ3n) is 4.28. The van der Waals surface area contributed by atoms with Gasteiger partial charge in [0.25, 0.3) is 0 Å². The fourth-order valence-electron chi connectivity index (χ4n) is 2.88. The van der Waals surface area contributed by atoms with Crippen LogP contribution >= 0.6 is 0 Å². The fraction of sp³-hybridized carbons (Fsp3) is 0.524. The van der Waals surface area contributed by atoms with Crippen LogP contribution in [0.5, 0.6) is 0 Å². The van der Waals surface area contributed by atoms with Crippen LogP contribution in [-0.4, -0.2) is 56.4 Å². The highest BCUT2D eigenvalue weighted by molar-refractivity contribution is 5.58. The lowest BCUT2D eigenvalue weighted by atomic mass is 9.97. The standard InChI is InChI=1S/C21H33N3O2/c1-24(2)14-8-13-22-16-20(25)17-26-23-21-12-7-6-11-19(21)15-18-9-4-3-5-10-18/h3-5,9-10,12,15,20,22-23,25H,6-8,11,13-14,16-17H2,1-2H3/t20-/m1/s1.